The van der Waals surface area contributed by atoms with Crippen molar-refractivity contribution in [2.24, 2.45) is 0 Å². The molecule has 172 valence electrons. The number of carbonyl (C=O) groups excluding carboxylic acids is 1. The van der Waals surface area contributed by atoms with E-state index in [9.17, 15) is 4.79 Å². The van der Waals surface area contributed by atoms with Gasteiger partial charge in [-0.2, -0.15) is 0 Å². The second-order valence-electron chi connectivity index (χ2n) is 9.56. The smallest absolute Gasteiger partial charge is 0.200 e. The first kappa shape index (κ1) is 28.8. The minimum absolute atomic E-state index is 0.122. The van der Waals surface area contributed by atoms with E-state index < -0.39 is 16.6 Å². The molecule has 0 bridgehead atoms. The molecule has 5 heteroatoms. The molecule has 1 atom stereocenters. The lowest BCUT2D eigenvalue weighted by molar-refractivity contribution is -0.112. The van der Waals surface area contributed by atoms with Crippen LogP contribution in [0, 0.1) is 0 Å². The van der Waals surface area contributed by atoms with Crippen LogP contribution in [-0.4, -0.2) is 35.1 Å². The van der Waals surface area contributed by atoms with Crippen molar-refractivity contribution in [3.05, 3.63) is 12.2 Å². The fourth-order valence-electron chi connectivity index (χ4n) is 4.98. The summed E-state index contributed by atoms with van der Waals surface area (Å²) in [5.74, 6) is 0.122. The molecular weight excluding hydrogens is 392 g/mol. The highest BCUT2D eigenvalue weighted by Crippen LogP contribution is 2.42. The maximum atomic E-state index is 11.1. The number of allylic oxidation sites excluding steroid dienone is 2. The van der Waals surface area contributed by atoms with Gasteiger partial charge in [0.2, 0.25) is 0 Å². The van der Waals surface area contributed by atoms with Crippen molar-refractivity contribution >= 4 is 22.4 Å². The Kier molecular flexibility index (Phi) is 13.8. The average molecular weight is 443 g/mol. The summed E-state index contributed by atoms with van der Waals surface area (Å²) in [7, 11) is -3.57. The summed E-state index contributed by atoms with van der Waals surface area (Å²) in [6.07, 6.45) is 6.84. The standard InChI is InChI=1S/C24H50O3Si2/c1-11-28(12-2,13-3)27-24(18-16-14-15-17-23(10)25)19-26-29(20(4)5,21(6)7)22(8)9/h15,17,20-22,24H,11-14,16,18-19H2,1-10H3/b17-15+. The molecule has 0 N–H and O–H groups in total. The van der Waals surface area contributed by atoms with Gasteiger partial charge in [0.25, 0.3) is 0 Å². The summed E-state index contributed by atoms with van der Waals surface area (Å²) in [5.41, 5.74) is 1.77. The predicted octanol–water partition coefficient (Wildman–Crippen LogP) is 7.88. The largest absolute Gasteiger partial charge is 0.413 e. The molecule has 0 rings (SSSR count). The van der Waals surface area contributed by atoms with Gasteiger partial charge in [-0.15, -0.1) is 0 Å². The Balaban J connectivity index is 5.37. The Morgan fingerprint density at radius 1 is 0.897 bits per heavy atom. The van der Waals surface area contributed by atoms with Crippen LogP contribution in [0.15, 0.2) is 12.2 Å². The fraction of sp³-hybridized carbons (Fsp3) is 0.875. The Morgan fingerprint density at radius 3 is 1.76 bits per heavy atom. The predicted molar refractivity (Wildman–Crippen MR) is 133 cm³/mol. The normalized spacial score (nSPS) is 14.5. The molecule has 0 fully saturated rings. The molecule has 0 aromatic heterocycles. The number of unbranched alkanes of at least 4 members (excludes halogenated alkanes) is 1. The third kappa shape index (κ3) is 8.80. The molecule has 0 amide bonds. The Hall–Kier alpha value is -0.236. The highest BCUT2D eigenvalue weighted by Gasteiger charge is 2.45. The van der Waals surface area contributed by atoms with E-state index in [2.05, 4.69) is 62.3 Å². The van der Waals surface area contributed by atoms with Crippen LogP contribution < -0.4 is 0 Å². The van der Waals surface area contributed by atoms with Crippen molar-refractivity contribution in [2.75, 3.05) is 6.61 Å². The Morgan fingerprint density at radius 2 is 1.38 bits per heavy atom. The monoisotopic (exact) mass is 442 g/mol. The van der Waals surface area contributed by atoms with Crippen LogP contribution in [-0.2, 0) is 13.6 Å². The summed E-state index contributed by atoms with van der Waals surface area (Å²) < 4.78 is 13.8. The molecule has 0 heterocycles. The highest BCUT2D eigenvalue weighted by atomic mass is 28.4. The minimum Gasteiger partial charge on any atom is -0.413 e. The van der Waals surface area contributed by atoms with E-state index in [1.165, 1.54) is 18.1 Å². The lowest BCUT2D eigenvalue weighted by Crippen LogP contribution is -2.50. The lowest BCUT2D eigenvalue weighted by Gasteiger charge is -2.43. The van der Waals surface area contributed by atoms with Gasteiger partial charge < -0.3 is 8.85 Å². The number of carbonyl (C=O) groups is 1. The van der Waals surface area contributed by atoms with Gasteiger partial charge in [-0.1, -0.05) is 68.4 Å². The molecule has 29 heavy (non-hydrogen) atoms. The number of hydrogen-bond acceptors (Lipinski definition) is 3. The molecule has 0 saturated carbocycles. The molecular formula is C24H50O3Si2. The summed E-state index contributed by atoms with van der Waals surface area (Å²) in [4.78, 5) is 11.1. The first-order chi connectivity index (χ1) is 13.5. The molecule has 0 aromatic carbocycles. The van der Waals surface area contributed by atoms with Crippen LogP contribution in [0.4, 0.5) is 0 Å². The van der Waals surface area contributed by atoms with E-state index in [0.29, 0.717) is 16.6 Å². The second-order valence-corrected chi connectivity index (χ2v) is 19.7. The van der Waals surface area contributed by atoms with Gasteiger partial charge in [-0.3, -0.25) is 4.79 Å². The van der Waals surface area contributed by atoms with Crippen LogP contribution >= 0.6 is 0 Å². The lowest BCUT2D eigenvalue weighted by atomic mass is 10.1. The van der Waals surface area contributed by atoms with E-state index in [-0.39, 0.29) is 11.9 Å². The summed E-state index contributed by atoms with van der Waals surface area (Å²) in [6, 6.07) is 3.51. The van der Waals surface area contributed by atoms with E-state index in [1.807, 2.05) is 6.08 Å². The summed E-state index contributed by atoms with van der Waals surface area (Å²) in [5, 5.41) is 0. The van der Waals surface area contributed by atoms with Gasteiger partial charge in [0.1, 0.15) is 0 Å². The van der Waals surface area contributed by atoms with Crippen molar-refractivity contribution in [2.45, 2.75) is 129 Å². The Labute approximate surface area is 184 Å². The third-order valence-corrected chi connectivity index (χ3v) is 17.6. The van der Waals surface area contributed by atoms with Crippen LogP contribution in [0.2, 0.25) is 34.8 Å². The zero-order valence-corrected chi connectivity index (χ0v) is 23.1. The van der Waals surface area contributed by atoms with E-state index >= 15 is 0 Å². The van der Waals surface area contributed by atoms with Gasteiger partial charge in [0.15, 0.2) is 22.4 Å². The average Bonchev–Trinajstić information content (AvgIpc) is 2.64. The number of hydrogen-bond donors (Lipinski definition) is 0. The van der Waals surface area contributed by atoms with Gasteiger partial charge in [-0.05, 0) is 67.0 Å². The molecule has 0 aliphatic carbocycles. The minimum atomic E-state index is -1.89. The zero-order valence-electron chi connectivity index (χ0n) is 21.1. The number of ketones is 1. The maximum absolute atomic E-state index is 11.1. The van der Waals surface area contributed by atoms with E-state index in [1.54, 1.807) is 13.0 Å². The van der Waals surface area contributed by atoms with Crippen LogP contribution in [0.5, 0.6) is 0 Å². The van der Waals surface area contributed by atoms with Gasteiger partial charge in [0.05, 0.1) is 12.7 Å². The first-order valence-corrected chi connectivity index (χ1v) is 16.7. The second kappa shape index (κ2) is 13.9. The molecule has 0 saturated heterocycles. The quantitative estimate of drug-likeness (QED) is 0.138. The number of rotatable bonds is 16. The summed E-state index contributed by atoms with van der Waals surface area (Å²) >= 11 is 0. The van der Waals surface area contributed by atoms with Crippen molar-refractivity contribution < 1.29 is 13.6 Å². The van der Waals surface area contributed by atoms with Crippen molar-refractivity contribution in [1.82, 2.24) is 0 Å². The van der Waals surface area contributed by atoms with E-state index in [4.69, 9.17) is 8.85 Å². The van der Waals surface area contributed by atoms with Gasteiger partial charge in [0, 0.05) is 0 Å². The molecule has 0 radical (unpaired) electrons. The van der Waals surface area contributed by atoms with Crippen molar-refractivity contribution in [3.63, 3.8) is 0 Å². The molecule has 0 aromatic rings. The maximum Gasteiger partial charge on any atom is 0.200 e. The fourth-order valence-corrected chi connectivity index (χ4v) is 13.3. The molecule has 0 aliphatic heterocycles. The summed E-state index contributed by atoms with van der Waals surface area (Å²) in [6.45, 7) is 23.3. The van der Waals surface area contributed by atoms with Crippen molar-refractivity contribution in [3.8, 4) is 0 Å². The van der Waals surface area contributed by atoms with Gasteiger partial charge >= 0.3 is 0 Å². The van der Waals surface area contributed by atoms with Crippen LogP contribution in [0.3, 0.4) is 0 Å². The SMILES string of the molecule is CC[Si](CC)(CC)OC(CCC/C=C/C(C)=O)CO[Si](C(C)C)(C(C)C)C(C)C. The molecule has 0 aliphatic rings. The molecule has 0 spiro atoms. The van der Waals surface area contributed by atoms with Gasteiger partial charge in [-0.25, -0.2) is 0 Å². The molecule has 3 nitrogen and oxygen atoms in total. The first-order valence-electron chi connectivity index (χ1n) is 12.0. The topological polar surface area (TPSA) is 35.5 Å². The molecule has 1 unspecified atom stereocenters. The highest BCUT2D eigenvalue weighted by molar-refractivity contribution is 6.77. The van der Waals surface area contributed by atoms with E-state index in [0.717, 1.165) is 25.9 Å². The Bertz CT molecular complexity index is 452. The van der Waals surface area contributed by atoms with Crippen LogP contribution in [0.1, 0.15) is 88.5 Å². The zero-order chi connectivity index (χ0) is 22.7. The van der Waals surface area contributed by atoms with Crippen molar-refractivity contribution in [1.29, 1.82) is 0 Å². The third-order valence-electron chi connectivity index (χ3n) is 6.83. The van der Waals surface area contributed by atoms with Crippen LogP contribution in [0.25, 0.3) is 0 Å².